The van der Waals surface area contributed by atoms with Gasteiger partial charge >= 0.3 is 0 Å². The van der Waals surface area contributed by atoms with Gasteiger partial charge in [-0.1, -0.05) is 36.4 Å². The molecule has 0 saturated carbocycles. The van der Waals surface area contributed by atoms with Gasteiger partial charge in [-0.2, -0.15) is 0 Å². The predicted octanol–water partition coefficient (Wildman–Crippen LogP) is 5.50. The molecule has 4 nitrogen and oxygen atoms in total. The summed E-state index contributed by atoms with van der Waals surface area (Å²) >= 11 is 0. The summed E-state index contributed by atoms with van der Waals surface area (Å²) in [6.07, 6.45) is 4.39. The molecule has 1 aromatic carbocycles. The van der Waals surface area contributed by atoms with Gasteiger partial charge in [-0.15, -0.1) is 0 Å². The molecule has 0 unspecified atom stereocenters. The van der Waals surface area contributed by atoms with Crippen LogP contribution in [0.2, 0.25) is 0 Å². The molecule has 0 spiro atoms. The van der Waals surface area contributed by atoms with E-state index < -0.39 is 0 Å². The van der Waals surface area contributed by atoms with Crippen LogP contribution in [0.15, 0.2) is 79.1 Å². The van der Waals surface area contributed by atoms with Crippen molar-refractivity contribution in [1.29, 1.82) is 0 Å². The summed E-state index contributed by atoms with van der Waals surface area (Å²) in [5, 5.41) is 0. The Morgan fingerprint density at radius 1 is 0.828 bits per heavy atom. The van der Waals surface area contributed by atoms with Crippen LogP contribution in [0, 0.1) is 6.92 Å². The van der Waals surface area contributed by atoms with Crippen LogP contribution >= 0.6 is 0 Å². The van der Waals surface area contributed by atoms with E-state index in [1.807, 2.05) is 56.6 Å². The van der Waals surface area contributed by atoms with Gasteiger partial charge in [0.2, 0.25) is 5.88 Å². The van der Waals surface area contributed by atoms with Crippen molar-refractivity contribution in [2.45, 2.75) is 20.3 Å². The second kappa shape index (κ2) is 8.65. The maximum atomic E-state index is 5.43. The molecule has 0 aliphatic carbocycles. The second-order valence-electron chi connectivity index (χ2n) is 6.80. The third kappa shape index (κ3) is 4.32. The van der Waals surface area contributed by atoms with E-state index in [1.54, 1.807) is 0 Å². The van der Waals surface area contributed by atoms with Crippen LogP contribution < -0.4 is 4.74 Å². The third-order valence-electron chi connectivity index (χ3n) is 4.82. The van der Waals surface area contributed by atoms with Gasteiger partial charge in [0.1, 0.15) is 0 Å². The van der Waals surface area contributed by atoms with Crippen molar-refractivity contribution >= 4 is 0 Å². The van der Waals surface area contributed by atoms with E-state index in [4.69, 9.17) is 9.72 Å². The fourth-order valence-corrected chi connectivity index (χ4v) is 3.41. The van der Waals surface area contributed by atoms with Crippen LogP contribution in [0.4, 0.5) is 0 Å². The Balaban J connectivity index is 1.63. The highest BCUT2D eigenvalue weighted by Gasteiger charge is 2.10. The van der Waals surface area contributed by atoms with Gasteiger partial charge in [0.05, 0.1) is 12.3 Å². The molecule has 0 atom stereocenters. The molecular formula is C25H23N3O. The highest BCUT2D eigenvalue weighted by molar-refractivity contribution is 5.69. The van der Waals surface area contributed by atoms with Crippen molar-refractivity contribution in [3.05, 3.63) is 96.1 Å². The molecule has 0 N–H and O–H groups in total. The molecule has 0 radical (unpaired) electrons. The molecule has 29 heavy (non-hydrogen) atoms. The number of benzene rings is 1. The molecule has 0 amide bonds. The topological polar surface area (TPSA) is 47.9 Å². The molecule has 4 rings (SSSR count). The predicted molar refractivity (Wildman–Crippen MR) is 116 cm³/mol. The van der Waals surface area contributed by atoms with Crippen LogP contribution in [0.3, 0.4) is 0 Å². The summed E-state index contributed by atoms with van der Waals surface area (Å²) in [5.74, 6) is 0.633. The number of hydrogen-bond donors (Lipinski definition) is 0. The molecule has 4 aromatic rings. The fraction of sp³-hybridized carbons (Fsp3) is 0.160. The second-order valence-corrected chi connectivity index (χ2v) is 6.80. The van der Waals surface area contributed by atoms with Crippen molar-refractivity contribution < 1.29 is 4.74 Å². The Hall–Kier alpha value is -3.53. The fourth-order valence-electron chi connectivity index (χ4n) is 3.41. The van der Waals surface area contributed by atoms with E-state index in [2.05, 4.69) is 46.4 Å². The highest BCUT2D eigenvalue weighted by Crippen LogP contribution is 2.27. The molecular weight excluding hydrogens is 358 g/mol. The summed E-state index contributed by atoms with van der Waals surface area (Å²) in [5.41, 5.74) is 7.54. The van der Waals surface area contributed by atoms with Crippen molar-refractivity contribution in [2.24, 2.45) is 0 Å². The van der Waals surface area contributed by atoms with Crippen molar-refractivity contribution in [2.75, 3.05) is 6.61 Å². The van der Waals surface area contributed by atoms with Crippen LogP contribution in [-0.4, -0.2) is 21.6 Å². The van der Waals surface area contributed by atoms with Crippen LogP contribution in [0.5, 0.6) is 5.88 Å². The standard InChI is InChI=1S/C25H23N3O/c1-3-29-25-14-13-20(17-27-25)24-12-6-9-21(28-24)16-19-8-4-5-10-23(19)22-11-7-15-26-18(22)2/h4-15,17H,3,16H2,1-2H3. The lowest BCUT2D eigenvalue weighted by atomic mass is 9.95. The average molecular weight is 381 g/mol. The summed E-state index contributed by atoms with van der Waals surface area (Å²) < 4.78 is 5.43. The number of ether oxygens (including phenoxy) is 1. The molecule has 3 aromatic heterocycles. The van der Waals surface area contributed by atoms with Crippen LogP contribution in [-0.2, 0) is 6.42 Å². The number of aryl methyl sites for hydroxylation is 1. The lowest BCUT2D eigenvalue weighted by molar-refractivity contribution is 0.327. The molecule has 0 bridgehead atoms. The summed E-state index contributed by atoms with van der Waals surface area (Å²) in [4.78, 5) is 13.7. The van der Waals surface area contributed by atoms with Crippen molar-refractivity contribution in [3.8, 4) is 28.3 Å². The number of pyridine rings is 3. The first kappa shape index (κ1) is 18.8. The zero-order chi connectivity index (χ0) is 20.1. The molecule has 4 heteroatoms. The van der Waals surface area contributed by atoms with Crippen molar-refractivity contribution in [3.63, 3.8) is 0 Å². The highest BCUT2D eigenvalue weighted by atomic mass is 16.5. The maximum absolute atomic E-state index is 5.43. The van der Waals surface area contributed by atoms with Gasteiger partial charge < -0.3 is 4.74 Å². The molecule has 0 aliphatic heterocycles. The Kier molecular flexibility index (Phi) is 5.61. The SMILES string of the molecule is CCOc1ccc(-c2cccc(Cc3ccccc3-c3cccnc3C)n2)cn1. The Bertz CT molecular complexity index is 1110. The summed E-state index contributed by atoms with van der Waals surface area (Å²) in [7, 11) is 0. The number of aromatic nitrogens is 3. The van der Waals surface area contributed by atoms with Gasteiger partial charge in [0.25, 0.3) is 0 Å². The van der Waals surface area contributed by atoms with Crippen LogP contribution in [0.25, 0.3) is 22.4 Å². The van der Waals surface area contributed by atoms with Gasteiger partial charge in [-0.3, -0.25) is 9.97 Å². The molecule has 0 fully saturated rings. The summed E-state index contributed by atoms with van der Waals surface area (Å²) in [6, 6.07) is 22.6. The quantitative estimate of drug-likeness (QED) is 0.442. The van der Waals surface area contributed by atoms with E-state index >= 15 is 0 Å². The average Bonchev–Trinajstić information content (AvgIpc) is 2.76. The van der Waals surface area contributed by atoms with Gasteiger partial charge in [0, 0.05) is 47.4 Å². The normalized spacial score (nSPS) is 10.7. The first-order valence-electron chi connectivity index (χ1n) is 9.79. The van der Waals surface area contributed by atoms with Gasteiger partial charge in [-0.05, 0) is 49.2 Å². The minimum atomic E-state index is 0.607. The Morgan fingerprint density at radius 2 is 1.69 bits per heavy atom. The van der Waals surface area contributed by atoms with Crippen LogP contribution in [0.1, 0.15) is 23.9 Å². The number of hydrogen-bond acceptors (Lipinski definition) is 4. The Morgan fingerprint density at radius 3 is 2.48 bits per heavy atom. The van der Waals surface area contributed by atoms with E-state index in [0.717, 1.165) is 34.6 Å². The third-order valence-corrected chi connectivity index (χ3v) is 4.82. The minimum Gasteiger partial charge on any atom is -0.478 e. The smallest absolute Gasteiger partial charge is 0.213 e. The lowest BCUT2D eigenvalue weighted by Gasteiger charge is -2.12. The molecule has 0 aliphatic rings. The minimum absolute atomic E-state index is 0.607. The van der Waals surface area contributed by atoms with Gasteiger partial charge in [0.15, 0.2) is 0 Å². The lowest BCUT2D eigenvalue weighted by Crippen LogP contribution is -1.98. The molecule has 144 valence electrons. The van der Waals surface area contributed by atoms with E-state index in [-0.39, 0.29) is 0 Å². The monoisotopic (exact) mass is 381 g/mol. The largest absolute Gasteiger partial charge is 0.478 e. The Labute approximate surface area is 171 Å². The first-order chi connectivity index (χ1) is 14.2. The van der Waals surface area contributed by atoms with Crippen molar-refractivity contribution in [1.82, 2.24) is 15.0 Å². The molecule has 3 heterocycles. The zero-order valence-corrected chi connectivity index (χ0v) is 16.7. The number of nitrogens with zero attached hydrogens (tertiary/aromatic N) is 3. The van der Waals surface area contributed by atoms with E-state index in [9.17, 15) is 0 Å². The van der Waals surface area contributed by atoms with E-state index in [1.165, 1.54) is 11.1 Å². The maximum Gasteiger partial charge on any atom is 0.213 e. The number of rotatable bonds is 6. The zero-order valence-electron chi connectivity index (χ0n) is 16.7. The summed E-state index contributed by atoms with van der Waals surface area (Å²) in [6.45, 7) is 4.60. The molecule has 0 saturated heterocycles. The van der Waals surface area contributed by atoms with Gasteiger partial charge in [-0.25, -0.2) is 4.98 Å². The first-order valence-corrected chi connectivity index (χ1v) is 9.79. The van der Waals surface area contributed by atoms with E-state index in [0.29, 0.717) is 12.5 Å².